The van der Waals surface area contributed by atoms with Crippen LogP contribution >= 0.6 is 0 Å². The van der Waals surface area contributed by atoms with E-state index in [-0.39, 0.29) is 22.3 Å². The van der Waals surface area contributed by atoms with E-state index in [4.69, 9.17) is 4.84 Å². The van der Waals surface area contributed by atoms with Gasteiger partial charge < -0.3 is 4.84 Å². The number of aryl methyl sites for hydroxylation is 1. The molecular formula is C16H10N4O4. The second-order valence-electron chi connectivity index (χ2n) is 5.22. The minimum absolute atomic E-state index is 0.0651. The first-order valence-electron chi connectivity index (χ1n) is 7.07. The summed E-state index contributed by atoms with van der Waals surface area (Å²) in [5.74, 6) is -2.23. The maximum atomic E-state index is 12.4. The molecule has 8 heteroatoms. The van der Waals surface area contributed by atoms with Crippen LogP contribution in [0, 0.1) is 6.92 Å². The number of rotatable bonds is 2. The third-order valence-electron chi connectivity index (χ3n) is 3.66. The minimum Gasteiger partial charge on any atom is -0.324 e. The highest BCUT2D eigenvalue weighted by Crippen LogP contribution is 2.23. The van der Waals surface area contributed by atoms with Gasteiger partial charge in [0.15, 0.2) is 5.65 Å². The van der Waals surface area contributed by atoms with E-state index in [0.29, 0.717) is 10.8 Å². The van der Waals surface area contributed by atoms with Crippen molar-refractivity contribution in [2.24, 2.45) is 0 Å². The monoisotopic (exact) mass is 322 g/mol. The number of hydrogen-bond donors (Lipinski definition) is 0. The summed E-state index contributed by atoms with van der Waals surface area (Å²) in [6, 6.07) is 8.01. The molecule has 0 saturated heterocycles. The van der Waals surface area contributed by atoms with Gasteiger partial charge in [-0.05, 0) is 25.1 Å². The Kier molecular flexibility index (Phi) is 2.92. The number of hydroxylamine groups is 2. The maximum Gasteiger partial charge on any atom is 0.369 e. The van der Waals surface area contributed by atoms with Crippen molar-refractivity contribution in [1.29, 1.82) is 0 Å². The molecule has 0 radical (unpaired) electrons. The van der Waals surface area contributed by atoms with Gasteiger partial charge in [0.1, 0.15) is 5.56 Å². The molecule has 0 saturated carbocycles. The quantitative estimate of drug-likeness (QED) is 0.662. The normalized spacial score (nSPS) is 13.5. The highest BCUT2D eigenvalue weighted by molar-refractivity contribution is 6.21. The zero-order valence-corrected chi connectivity index (χ0v) is 12.5. The van der Waals surface area contributed by atoms with E-state index in [1.54, 1.807) is 31.3 Å². The molecule has 0 bridgehead atoms. The Bertz CT molecular complexity index is 989. The van der Waals surface area contributed by atoms with E-state index in [2.05, 4.69) is 10.1 Å². The van der Waals surface area contributed by atoms with Gasteiger partial charge in [-0.15, -0.1) is 0 Å². The van der Waals surface area contributed by atoms with E-state index >= 15 is 0 Å². The molecule has 0 aliphatic carbocycles. The Morgan fingerprint density at radius 1 is 1.08 bits per heavy atom. The summed E-state index contributed by atoms with van der Waals surface area (Å²) in [7, 11) is 0. The van der Waals surface area contributed by atoms with Crippen molar-refractivity contribution >= 4 is 23.4 Å². The van der Waals surface area contributed by atoms with Gasteiger partial charge in [0.2, 0.25) is 0 Å². The first-order valence-corrected chi connectivity index (χ1v) is 7.07. The Morgan fingerprint density at radius 2 is 1.75 bits per heavy atom. The van der Waals surface area contributed by atoms with Crippen molar-refractivity contribution < 1.29 is 19.2 Å². The lowest BCUT2D eigenvalue weighted by atomic mass is 10.1. The van der Waals surface area contributed by atoms with Crippen LogP contribution in [0.3, 0.4) is 0 Å². The molecule has 0 spiro atoms. The molecule has 8 nitrogen and oxygen atoms in total. The third kappa shape index (κ3) is 1.97. The lowest BCUT2D eigenvalue weighted by molar-refractivity contribution is -0.0583. The summed E-state index contributed by atoms with van der Waals surface area (Å²) in [6.45, 7) is 1.77. The molecule has 1 aromatic carbocycles. The average Bonchev–Trinajstić information content (AvgIpc) is 3.10. The third-order valence-corrected chi connectivity index (χ3v) is 3.66. The summed E-state index contributed by atoms with van der Waals surface area (Å²) in [4.78, 5) is 46.0. The van der Waals surface area contributed by atoms with Gasteiger partial charge in [0.25, 0.3) is 11.8 Å². The predicted octanol–water partition coefficient (Wildman–Crippen LogP) is 1.41. The van der Waals surface area contributed by atoms with Crippen LogP contribution in [0.2, 0.25) is 0 Å². The summed E-state index contributed by atoms with van der Waals surface area (Å²) in [6.07, 6.45) is 2.93. The maximum absolute atomic E-state index is 12.4. The number of benzene rings is 1. The molecule has 3 aromatic rings. The first kappa shape index (κ1) is 14.1. The van der Waals surface area contributed by atoms with Crippen molar-refractivity contribution in [3.63, 3.8) is 0 Å². The lowest BCUT2D eigenvalue weighted by Gasteiger charge is -2.11. The minimum atomic E-state index is -0.877. The lowest BCUT2D eigenvalue weighted by Crippen LogP contribution is -2.32. The largest absolute Gasteiger partial charge is 0.369 e. The molecule has 0 N–H and O–H groups in total. The molecule has 1 aliphatic rings. The predicted molar refractivity (Wildman–Crippen MR) is 80.1 cm³/mol. The molecule has 3 heterocycles. The van der Waals surface area contributed by atoms with E-state index in [9.17, 15) is 14.4 Å². The summed E-state index contributed by atoms with van der Waals surface area (Å²) >= 11 is 0. The van der Waals surface area contributed by atoms with Crippen LogP contribution in [-0.4, -0.2) is 37.4 Å². The van der Waals surface area contributed by atoms with Crippen LogP contribution in [0.1, 0.15) is 36.8 Å². The molecular weight excluding hydrogens is 312 g/mol. The van der Waals surface area contributed by atoms with Gasteiger partial charge in [-0.1, -0.05) is 17.2 Å². The van der Waals surface area contributed by atoms with Crippen LogP contribution in [0.4, 0.5) is 0 Å². The molecule has 118 valence electrons. The number of amides is 2. The highest BCUT2D eigenvalue weighted by Gasteiger charge is 2.39. The van der Waals surface area contributed by atoms with E-state index in [1.807, 2.05) is 0 Å². The van der Waals surface area contributed by atoms with Gasteiger partial charge in [0.05, 0.1) is 17.3 Å². The Labute approximate surface area is 135 Å². The summed E-state index contributed by atoms with van der Waals surface area (Å²) in [5, 5.41) is 4.46. The molecule has 0 unspecified atom stereocenters. The molecule has 4 rings (SSSR count). The number of carbonyl (C=O) groups excluding carboxylic acids is 3. The molecule has 1 aliphatic heterocycles. The van der Waals surface area contributed by atoms with Crippen molar-refractivity contribution in [2.75, 3.05) is 0 Å². The summed E-state index contributed by atoms with van der Waals surface area (Å²) in [5.41, 5.74) is 1.44. The Hall–Kier alpha value is -3.55. The Balaban J connectivity index is 1.66. The number of aromatic nitrogens is 3. The molecule has 2 aromatic heterocycles. The highest BCUT2D eigenvalue weighted by atomic mass is 16.7. The molecule has 0 fully saturated rings. The average molecular weight is 322 g/mol. The van der Waals surface area contributed by atoms with Gasteiger partial charge in [0, 0.05) is 11.9 Å². The second kappa shape index (κ2) is 4.98. The summed E-state index contributed by atoms with van der Waals surface area (Å²) < 4.78 is 1.41. The van der Waals surface area contributed by atoms with E-state index < -0.39 is 17.8 Å². The van der Waals surface area contributed by atoms with Crippen LogP contribution in [0.25, 0.3) is 5.65 Å². The fourth-order valence-corrected chi connectivity index (χ4v) is 2.49. The number of carbonyl (C=O) groups is 3. The number of imide groups is 1. The Morgan fingerprint density at radius 3 is 2.42 bits per heavy atom. The second-order valence-corrected chi connectivity index (χ2v) is 5.22. The van der Waals surface area contributed by atoms with E-state index in [0.717, 1.165) is 0 Å². The number of nitrogens with zero attached hydrogens (tertiary/aromatic N) is 4. The van der Waals surface area contributed by atoms with Crippen molar-refractivity contribution in [3.8, 4) is 0 Å². The zero-order valence-electron chi connectivity index (χ0n) is 12.5. The van der Waals surface area contributed by atoms with E-state index in [1.165, 1.54) is 22.8 Å². The standard InChI is InChI=1S/C16H10N4O4/c1-9-6-7-19-13(18-9)12(8-17-19)16(23)24-20-14(21)10-4-2-3-5-11(10)15(20)22/h2-8H,1H3. The van der Waals surface area contributed by atoms with Crippen LogP contribution < -0.4 is 0 Å². The molecule has 0 atom stereocenters. The van der Waals surface area contributed by atoms with Crippen molar-refractivity contribution in [2.45, 2.75) is 6.92 Å². The zero-order chi connectivity index (χ0) is 16.8. The SMILES string of the molecule is Cc1ccn2ncc(C(=O)ON3C(=O)c4ccccc4C3=O)c2n1. The fraction of sp³-hybridized carbons (Fsp3) is 0.0625. The fourth-order valence-electron chi connectivity index (χ4n) is 2.49. The van der Waals surface area contributed by atoms with Gasteiger partial charge in [-0.2, -0.15) is 5.10 Å². The smallest absolute Gasteiger partial charge is 0.324 e. The van der Waals surface area contributed by atoms with Crippen LogP contribution in [0.15, 0.2) is 42.7 Å². The van der Waals surface area contributed by atoms with Gasteiger partial charge in [-0.3, -0.25) is 9.59 Å². The number of hydrogen-bond acceptors (Lipinski definition) is 6. The van der Waals surface area contributed by atoms with Crippen molar-refractivity contribution in [3.05, 3.63) is 65.1 Å². The van der Waals surface area contributed by atoms with Crippen LogP contribution in [0.5, 0.6) is 0 Å². The number of fused-ring (bicyclic) bond motifs is 2. The molecule has 24 heavy (non-hydrogen) atoms. The first-order chi connectivity index (χ1) is 11.6. The van der Waals surface area contributed by atoms with Gasteiger partial charge in [-0.25, -0.2) is 14.3 Å². The topological polar surface area (TPSA) is 93.9 Å². The van der Waals surface area contributed by atoms with Crippen molar-refractivity contribution in [1.82, 2.24) is 19.7 Å². The van der Waals surface area contributed by atoms with Crippen LogP contribution in [-0.2, 0) is 4.84 Å². The van der Waals surface area contributed by atoms with Gasteiger partial charge >= 0.3 is 5.97 Å². The molecule has 2 amide bonds.